The van der Waals surface area contributed by atoms with E-state index in [-0.39, 0.29) is 18.3 Å². The summed E-state index contributed by atoms with van der Waals surface area (Å²) in [5.41, 5.74) is 4.75. The first-order valence-electron chi connectivity index (χ1n) is 14.9. The van der Waals surface area contributed by atoms with Crippen LogP contribution in [-0.4, -0.2) is 25.4 Å². The highest BCUT2D eigenvalue weighted by molar-refractivity contribution is 6.62. The van der Waals surface area contributed by atoms with Crippen LogP contribution in [0.3, 0.4) is 0 Å². The lowest BCUT2D eigenvalue weighted by Crippen LogP contribution is -2.41. The maximum absolute atomic E-state index is 7.16. The molecule has 4 bridgehead atoms. The van der Waals surface area contributed by atoms with E-state index in [1.165, 1.54) is 37.7 Å². The van der Waals surface area contributed by atoms with E-state index in [4.69, 9.17) is 30.4 Å². The lowest BCUT2D eigenvalue weighted by Gasteiger charge is -2.51. The standard InChI is InChI=1S/C34H42BClO4/c1-7-8-24-11-14-28(32(37-6)29-25-16-22-15-23(18-25)19-26(29)17-22)30(36)31(24)38-20-21-9-12-27(13-10-21)35-39-33(2,3)34(4,5)40-35/h7-14,22-23,25-26H,15-20H2,1-6H3/b8-7+,32-29?. The number of hydrogen-bond acceptors (Lipinski definition) is 4. The molecule has 1 saturated heterocycles. The minimum Gasteiger partial charge on any atom is -0.496 e. The van der Waals surface area contributed by atoms with Crippen LogP contribution in [0, 0.1) is 23.7 Å². The minimum atomic E-state index is -0.377. The summed E-state index contributed by atoms with van der Waals surface area (Å²) >= 11 is 7.16. The van der Waals surface area contributed by atoms with Crippen molar-refractivity contribution in [2.45, 2.75) is 84.5 Å². The molecule has 0 spiro atoms. The smallest absolute Gasteiger partial charge is 0.494 e. The highest BCUT2D eigenvalue weighted by Gasteiger charge is 2.51. The largest absolute Gasteiger partial charge is 0.496 e. The first kappa shape index (κ1) is 27.9. The molecular formula is C34H42BClO4. The first-order valence-corrected chi connectivity index (χ1v) is 15.3. The third kappa shape index (κ3) is 4.93. The zero-order chi connectivity index (χ0) is 28.2. The van der Waals surface area contributed by atoms with Crippen molar-refractivity contribution in [2.75, 3.05) is 7.11 Å². The second kappa shape index (κ2) is 10.6. The maximum atomic E-state index is 7.16. The number of benzene rings is 2. The Hall–Kier alpha value is -2.21. The fourth-order valence-electron chi connectivity index (χ4n) is 7.56. The fourth-order valence-corrected chi connectivity index (χ4v) is 7.87. The van der Waals surface area contributed by atoms with Crippen molar-refractivity contribution < 1.29 is 18.8 Å². The monoisotopic (exact) mass is 560 g/mol. The molecule has 2 aromatic rings. The highest BCUT2D eigenvalue weighted by Crippen LogP contribution is 2.58. The average Bonchev–Trinajstić information content (AvgIpc) is 3.13. The number of allylic oxidation sites excluding steroid dienone is 2. The molecule has 0 unspecified atom stereocenters. The van der Waals surface area contributed by atoms with E-state index >= 15 is 0 Å². The molecule has 4 nitrogen and oxygen atoms in total. The molecule has 40 heavy (non-hydrogen) atoms. The predicted octanol–water partition coefficient (Wildman–Crippen LogP) is 8.06. The van der Waals surface area contributed by atoms with E-state index in [2.05, 4.69) is 70.2 Å². The van der Waals surface area contributed by atoms with Gasteiger partial charge in [-0.25, -0.2) is 0 Å². The van der Waals surface area contributed by atoms with Crippen LogP contribution >= 0.6 is 11.6 Å². The Morgan fingerprint density at radius 1 is 0.925 bits per heavy atom. The Balaban J connectivity index is 1.25. The molecule has 5 fully saturated rings. The quantitative estimate of drug-likeness (QED) is 0.253. The van der Waals surface area contributed by atoms with Gasteiger partial charge in [-0.05, 0) is 113 Å². The lowest BCUT2D eigenvalue weighted by atomic mass is 9.54. The third-order valence-corrected chi connectivity index (χ3v) is 10.5. The molecule has 0 aromatic heterocycles. The molecule has 6 heteroatoms. The maximum Gasteiger partial charge on any atom is 0.494 e. The van der Waals surface area contributed by atoms with Gasteiger partial charge in [-0.3, -0.25) is 0 Å². The molecule has 4 saturated carbocycles. The molecule has 212 valence electrons. The summed E-state index contributed by atoms with van der Waals surface area (Å²) in [5, 5.41) is 0.627. The van der Waals surface area contributed by atoms with Gasteiger partial charge >= 0.3 is 7.12 Å². The Morgan fingerprint density at radius 3 is 2.08 bits per heavy atom. The highest BCUT2D eigenvalue weighted by atomic mass is 35.5. The second-order valence-corrected chi connectivity index (χ2v) is 13.6. The predicted molar refractivity (Wildman–Crippen MR) is 164 cm³/mol. The van der Waals surface area contributed by atoms with Crippen molar-refractivity contribution in [1.29, 1.82) is 0 Å². The van der Waals surface area contributed by atoms with E-state index in [1.54, 1.807) is 7.11 Å². The number of hydrogen-bond donors (Lipinski definition) is 0. The summed E-state index contributed by atoms with van der Waals surface area (Å²) in [4.78, 5) is 0. The van der Waals surface area contributed by atoms with Crippen molar-refractivity contribution in [3.05, 3.63) is 69.8 Å². The van der Waals surface area contributed by atoms with Crippen LogP contribution in [0.15, 0.2) is 48.0 Å². The summed E-state index contributed by atoms with van der Waals surface area (Å²) in [5.74, 6) is 4.72. The molecule has 1 heterocycles. The van der Waals surface area contributed by atoms with E-state index in [0.29, 0.717) is 29.2 Å². The van der Waals surface area contributed by atoms with Gasteiger partial charge in [-0.15, -0.1) is 0 Å². The first-order chi connectivity index (χ1) is 19.1. The van der Waals surface area contributed by atoms with Crippen LogP contribution in [0.1, 0.15) is 83.4 Å². The van der Waals surface area contributed by atoms with Gasteiger partial charge in [0.15, 0.2) is 0 Å². The molecule has 1 aliphatic heterocycles. The van der Waals surface area contributed by atoms with Crippen molar-refractivity contribution in [3.63, 3.8) is 0 Å². The van der Waals surface area contributed by atoms with Crippen molar-refractivity contribution in [3.8, 4) is 5.75 Å². The normalized spacial score (nSPS) is 28.0. The Bertz CT molecular complexity index is 1280. The number of methoxy groups -OCH3 is 1. The Labute approximate surface area is 245 Å². The van der Waals surface area contributed by atoms with Gasteiger partial charge in [-0.1, -0.05) is 54.1 Å². The van der Waals surface area contributed by atoms with E-state index in [1.807, 2.05) is 13.0 Å². The van der Waals surface area contributed by atoms with Gasteiger partial charge in [-0.2, -0.15) is 0 Å². The average molecular weight is 561 g/mol. The SMILES string of the molecule is C/C=C/c1ccc(C(OC)=C2C3CC4CC(C3)CC2C4)c(Cl)c1OCc1ccc(B2OC(C)(C)C(C)(C)O2)cc1. The minimum absolute atomic E-state index is 0.364. The Kier molecular flexibility index (Phi) is 7.38. The molecule has 5 aliphatic rings. The molecule has 0 N–H and O–H groups in total. The summed E-state index contributed by atoms with van der Waals surface area (Å²) in [6.45, 7) is 10.7. The Morgan fingerprint density at radius 2 is 1.52 bits per heavy atom. The zero-order valence-corrected chi connectivity index (χ0v) is 25.5. The summed E-state index contributed by atoms with van der Waals surface area (Å²) in [6, 6.07) is 12.5. The molecular weight excluding hydrogens is 519 g/mol. The molecule has 7 rings (SSSR count). The van der Waals surface area contributed by atoms with Crippen LogP contribution < -0.4 is 10.2 Å². The molecule has 4 aliphatic carbocycles. The van der Waals surface area contributed by atoms with Crippen LogP contribution in [0.5, 0.6) is 5.75 Å². The van der Waals surface area contributed by atoms with Gasteiger partial charge in [0.2, 0.25) is 0 Å². The summed E-state index contributed by atoms with van der Waals surface area (Å²) in [7, 11) is 1.42. The van der Waals surface area contributed by atoms with Crippen LogP contribution in [0.2, 0.25) is 5.02 Å². The van der Waals surface area contributed by atoms with Gasteiger partial charge in [0.1, 0.15) is 18.1 Å². The van der Waals surface area contributed by atoms with Crippen LogP contribution in [-0.2, 0) is 20.7 Å². The summed E-state index contributed by atoms with van der Waals surface area (Å²) < 4.78 is 25.0. The summed E-state index contributed by atoms with van der Waals surface area (Å²) in [6.07, 6.45) is 10.7. The van der Waals surface area contributed by atoms with Crippen LogP contribution in [0.25, 0.3) is 11.8 Å². The molecule has 0 atom stereocenters. The topological polar surface area (TPSA) is 36.9 Å². The van der Waals surface area contributed by atoms with E-state index in [9.17, 15) is 0 Å². The van der Waals surface area contributed by atoms with Crippen molar-refractivity contribution in [2.24, 2.45) is 23.7 Å². The zero-order valence-electron chi connectivity index (χ0n) is 24.8. The van der Waals surface area contributed by atoms with Crippen molar-refractivity contribution in [1.82, 2.24) is 0 Å². The second-order valence-electron chi connectivity index (χ2n) is 13.3. The van der Waals surface area contributed by atoms with E-state index in [0.717, 1.165) is 39.7 Å². The molecule has 2 aromatic carbocycles. The lowest BCUT2D eigenvalue weighted by molar-refractivity contribution is 0.00578. The van der Waals surface area contributed by atoms with Gasteiger partial charge in [0, 0.05) is 11.1 Å². The van der Waals surface area contributed by atoms with Gasteiger partial charge in [0.05, 0.1) is 23.3 Å². The number of ether oxygens (including phenoxy) is 2. The van der Waals surface area contributed by atoms with Gasteiger partial charge in [0.25, 0.3) is 0 Å². The van der Waals surface area contributed by atoms with Crippen molar-refractivity contribution >= 4 is 36.0 Å². The number of rotatable bonds is 7. The third-order valence-electron chi connectivity index (χ3n) is 10.1. The molecule has 0 radical (unpaired) electrons. The van der Waals surface area contributed by atoms with Crippen LogP contribution in [0.4, 0.5) is 0 Å². The number of halogens is 1. The van der Waals surface area contributed by atoms with Gasteiger partial charge < -0.3 is 18.8 Å². The fraction of sp³-hybridized carbons (Fsp3) is 0.529. The molecule has 0 amide bonds. The van der Waals surface area contributed by atoms with E-state index < -0.39 is 0 Å².